The van der Waals surface area contributed by atoms with Gasteiger partial charge < -0.3 is 25.2 Å². The number of amides is 2. The number of fused-ring (bicyclic) bond motifs is 1. The molecular formula is C32H34N4O4. The van der Waals surface area contributed by atoms with Crippen LogP contribution in [-0.2, 0) is 14.3 Å². The van der Waals surface area contributed by atoms with E-state index in [0.717, 1.165) is 42.9 Å². The summed E-state index contributed by atoms with van der Waals surface area (Å²) in [5.41, 5.74) is 5.16. The monoisotopic (exact) mass is 538 g/mol. The molecule has 0 unspecified atom stereocenters. The van der Waals surface area contributed by atoms with E-state index in [1.807, 2.05) is 61.6 Å². The first kappa shape index (κ1) is 27.1. The molecule has 2 aliphatic heterocycles. The molecule has 0 bridgehead atoms. The SMILES string of the molecule is COC(=O)c1ccc2c(c1)NC(=O)/C2=C(\Nc1ccc(N(C)C(=O)CC2CCN(C)CC2)cc1)c1ccccc1. The normalized spacial score (nSPS) is 16.6. The molecular weight excluding hydrogens is 504 g/mol. The van der Waals surface area contributed by atoms with Crippen LogP contribution in [0.1, 0.15) is 40.7 Å². The Morgan fingerprint density at radius 2 is 1.70 bits per heavy atom. The lowest BCUT2D eigenvalue weighted by Crippen LogP contribution is -2.34. The molecule has 2 N–H and O–H groups in total. The lowest BCUT2D eigenvalue weighted by Gasteiger charge is -2.29. The summed E-state index contributed by atoms with van der Waals surface area (Å²) >= 11 is 0. The van der Waals surface area contributed by atoms with E-state index in [1.165, 1.54) is 7.11 Å². The molecule has 0 aromatic heterocycles. The number of nitrogens with one attached hydrogen (secondary N) is 2. The average molecular weight is 539 g/mol. The first-order valence-electron chi connectivity index (χ1n) is 13.5. The highest BCUT2D eigenvalue weighted by Gasteiger charge is 2.29. The Morgan fingerprint density at radius 1 is 1.00 bits per heavy atom. The van der Waals surface area contributed by atoms with Crippen LogP contribution in [-0.4, -0.2) is 57.0 Å². The zero-order chi connectivity index (χ0) is 28.2. The van der Waals surface area contributed by atoms with Gasteiger partial charge in [-0.15, -0.1) is 0 Å². The van der Waals surface area contributed by atoms with Crippen molar-refractivity contribution >= 4 is 46.1 Å². The highest BCUT2D eigenvalue weighted by Crippen LogP contribution is 2.38. The summed E-state index contributed by atoms with van der Waals surface area (Å²) in [6.45, 7) is 2.08. The third kappa shape index (κ3) is 5.77. The maximum absolute atomic E-state index is 13.2. The van der Waals surface area contributed by atoms with E-state index in [-0.39, 0.29) is 11.8 Å². The number of hydrogen-bond donors (Lipinski definition) is 2. The van der Waals surface area contributed by atoms with Crippen molar-refractivity contribution in [2.45, 2.75) is 19.3 Å². The molecule has 2 amide bonds. The van der Waals surface area contributed by atoms with Crippen LogP contribution in [0, 0.1) is 5.92 Å². The van der Waals surface area contributed by atoms with Crippen LogP contribution in [0.4, 0.5) is 17.1 Å². The second kappa shape index (κ2) is 11.8. The number of methoxy groups -OCH3 is 1. The molecule has 0 saturated carbocycles. The van der Waals surface area contributed by atoms with Crippen molar-refractivity contribution < 1.29 is 19.1 Å². The number of carbonyl (C=O) groups is 3. The molecule has 206 valence electrons. The van der Waals surface area contributed by atoms with E-state index in [0.29, 0.717) is 40.4 Å². The van der Waals surface area contributed by atoms with Crippen molar-refractivity contribution in [2.24, 2.45) is 5.92 Å². The lowest BCUT2D eigenvalue weighted by molar-refractivity contribution is -0.119. The summed E-state index contributed by atoms with van der Waals surface area (Å²) in [6.07, 6.45) is 2.66. The van der Waals surface area contributed by atoms with Gasteiger partial charge in [0.05, 0.1) is 29.6 Å². The van der Waals surface area contributed by atoms with Gasteiger partial charge in [-0.05, 0) is 80.9 Å². The van der Waals surface area contributed by atoms with Crippen molar-refractivity contribution in [3.63, 3.8) is 0 Å². The Bertz CT molecular complexity index is 1440. The first-order valence-corrected chi connectivity index (χ1v) is 13.5. The van der Waals surface area contributed by atoms with Crippen LogP contribution in [0.15, 0.2) is 72.8 Å². The number of carbonyl (C=O) groups excluding carboxylic acids is 3. The maximum Gasteiger partial charge on any atom is 0.337 e. The number of nitrogens with zero attached hydrogens (tertiary/aromatic N) is 2. The van der Waals surface area contributed by atoms with Crippen LogP contribution < -0.4 is 15.5 Å². The highest BCUT2D eigenvalue weighted by molar-refractivity contribution is 6.37. The number of ether oxygens (including phenoxy) is 1. The summed E-state index contributed by atoms with van der Waals surface area (Å²) in [5.74, 6) is -0.186. The topological polar surface area (TPSA) is 91.0 Å². The number of rotatable bonds is 7. The van der Waals surface area contributed by atoms with E-state index < -0.39 is 5.97 Å². The lowest BCUT2D eigenvalue weighted by atomic mass is 9.93. The van der Waals surface area contributed by atoms with Gasteiger partial charge in [-0.25, -0.2) is 4.79 Å². The summed E-state index contributed by atoms with van der Waals surface area (Å²) in [7, 11) is 5.27. The largest absolute Gasteiger partial charge is 0.465 e. The molecule has 2 aliphatic rings. The molecule has 0 spiro atoms. The number of piperidine rings is 1. The Balaban J connectivity index is 1.40. The second-order valence-corrected chi connectivity index (χ2v) is 10.4. The number of hydrogen-bond acceptors (Lipinski definition) is 6. The van der Waals surface area contributed by atoms with Crippen molar-refractivity contribution in [2.75, 3.05) is 49.8 Å². The number of anilines is 3. The van der Waals surface area contributed by atoms with Crippen LogP contribution >= 0.6 is 0 Å². The fourth-order valence-corrected chi connectivity index (χ4v) is 5.26. The van der Waals surface area contributed by atoms with E-state index >= 15 is 0 Å². The van der Waals surface area contributed by atoms with Gasteiger partial charge in [0.2, 0.25) is 5.91 Å². The Labute approximate surface area is 234 Å². The van der Waals surface area contributed by atoms with Gasteiger partial charge >= 0.3 is 5.97 Å². The molecule has 3 aromatic rings. The molecule has 0 aliphatic carbocycles. The van der Waals surface area contributed by atoms with E-state index in [9.17, 15) is 14.4 Å². The Kier molecular flexibility index (Phi) is 7.98. The minimum absolute atomic E-state index is 0.118. The maximum atomic E-state index is 13.2. The molecule has 0 radical (unpaired) electrons. The molecule has 8 heteroatoms. The Hall–Kier alpha value is -4.43. The molecule has 2 heterocycles. The van der Waals surface area contributed by atoms with Gasteiger partial charge in [-0.3, -0.25) is 9.59 Å². The zero-order valence-electron chi connectivity index (χ0n) is 23.1. The van der Waals surface area contributed by atoms with Gasteiger partial charge in [-0.2, -0.15) is 0 Å². The fourth-order valence-electron chi connectivity index (χ4n) is 5.26. The molecule has 1 fully saturated rings. The van der Waals surface area contributed by atoms with E-state index in [1.54, 1.807) is 23.1 Å². The predicted octanol–water partition coefficient (Wildman–Crippen LogP) is 5.10. The van der Waals surface area contributed by atoms with Gasteiger partial charge in [-0.1, -0.05) is 36.4 Å². The molecule has 0 atom stereocenters. The highest BCUT2D eigenvalue weighted by atomic mass is 16.5. The number of benzene rings is 3. The third-order valence-electron chi connectivity index (χ3n) is 7.70. The van der Waals surface area contributed by atoms with Gasteiger partial charge in [0.15, 0.2) is 0 Å². The first-order chi connectivity index (χ1) is 19.3. The fraction of sp³-hybridized carbons (Fsp3) is 0.281. The summed E-state index contributed by atoms with van der Waals surface area (Å²) in [6, 6.07) is 22.3. The average Bonchev–Trinajstić information content (AvgIpc) is 3.31. The van der Waals surface area contributed by atoms with Crippen molar-refractivity contribution in [3.05, 3.63) is 89.5 Å². The third-order valence-corrected chi connectivity index (χ3v) is 7.70. The Morgan fingerprint density at radius 3 is 2.38 bits per heavy atom. The minimum atomic E-state index is -0.467. The molecule has 40 heavy (non-hydrogen) atoms. The summed E-state index contributed by atoms with van der Waals surface area (Å²) < 4.78 is 4.83. The smallest absolute Gasteiger partial charge is 0.337 e. The zero-order valence-corrected chi connectivity index (χ0v) is 23.1. The van der Waals surface area contributed by atoms with Crippen molar-refractivity contribution in [1.82, 2.24) is 4.90 Å². The second-order valence-electron chi connectivity index (χ2n) is 10.4. The van der Waals surface area contributed by atoms with Crippen molar-refractivity contribution in [3.8, 4) is 0 Å². The summed E-state index contributed by atoms with van der Waals surface area (Å²) in [5, 5.41) is 6.33. The molecule has 5 rings (SSSR count). The predicted molar refractivity (Wildman–Crippen MR) is 158 cm³/mol. The number of likely N-dealkylation sites (tertiary alicyclic amines) is 1. The van der Waals surface area contributed by atoms with Gasteiger partial charge in [0.25, 0.3) is 5.91 Å². The quantitative estimate of drug-likeness (QED) is 0.321. The van der Waals surface area contributed by atoms with Crippen LogP contribution in [0.25, 0.3) is 11.3 Å². The van der Waals surface area contributed by atoms with Gasteiger partial charge in [0, 0.05) is 30.4 Å². The standard InChI is InChI=1S/C32H34N4O4/c1-35-17-15-21(16-18-35)19-28(37)36(2)25-12-10-24(11-13-25)33-30(22-7-5-4-6-8-22)29-26-14-9-23(32(39)40-3)20-27(26)34-31(29)38/h4-14,20-21,33H,15-19H2,1-3H3,(H,34,38)/b30-29-. The van der Waals surface area contributed by atoms with Crippen LogP contribution in [0.2, 0.25) is 0 Å². The van der Waals surface area contributed by atoms with E-state index in [2.05, 4.69) is 22.6 Å². The van der Waals surface area contributed by atoms with E-state index in [4.69, 9.17) is 4.74 Å². The van der Waals surface area contributed by atoms with Gasteiger partial charge in [0.1, 0.15) is 0 Å². The van der Waals surface area contributed by atoms with Crippen molar-refractivity contribution in [1.29, 1.82) is 0 Å². The molecule has 3 aromatic carbocycles. The number of esters is 1. The molecule has 8 nitrogen and oxygen atoms in total. The summed E-state index contributed by atoms with van der Waals surface area (Å²) in [4.78, 5) is 42.2. The molecule has 1 saturated heterocycles. The van der Waals surface area contributed by atoms with Crippen LogP contribution in [0.3, 0.4) is 0 Å². The minimum Gasteiger partial charge on any atom is -0.465 e. The van der Waals surface area contributed by atoms with Crippen LogP contribution in [0.5, 0.6) is 0 Å².